The van der Waals surface area contributed by atoms with E-state index in [9.17, 15) is 0 Å². The number of ether oxygens (including phenoxy) is 1. The molecule has 0 bridgehead atoms. The average molecular weight is 495 g/mol. The van der Waals surface area contributed by atoms with Crippen molar-refractivity contribution in [2.24, 2.45) is 0 Å². The highest BCUT2D eigenvalue weighted by molar-refractivity contribution is 5.92. The molecule has 0 spiro atoms. The molecule has 0 radical (unpaired) electrons. The number of hydrogen-bond acceptors (Lipinski definition) is 5. The summed E-state index contributed by atoms with van der Waals surface area (Å²) in [5, 5.41) is 13.8. The summed E-state index contributed by atoms with van der Waals surface area (Å²) in [6.07, 6.45) is 0. The number of imidazole rings is 1. The largest absolute Gasteiger partial charge is 0.497 e. The molecule has 182 valence electrons. The minimum Gasteiger partial charge on any atom is -0.497 e. The van der Waals surface area contributed by atoms with E-state index in [0.29, 0.717) is 5.65 Å². The van der Waals surface area contributed by atoms with Gasteiger partial charge < -0.3 is 4.74 Å². The molecule has 7 heteroatoms. The maximum Gasteiger partial charge on any atom is 0.190 e. The van der Waals surface area contributed by atoms with E-state index in [-0.39, 0.29) is 0 Å². The second-order valence-corrected chi connectivity index (χ2v) is 8.93. The highest BCUT2D eigenvalue weighted by Gasteiger charge is 2.25. The zero-order valence-electron chi connectivity index (χ0n) is 20.6. The Kier molecular flexibility index (Phi) is 5.18. The number of methoxy groups -OCH3 is 1. The number of nitrogens with zero attached hydrogens (tertiary/aromatic N) is 6. The van der Waals surface area contributed by atoms with E-state index in [1.165, 1.54) is 0 Å². The van der Waals surface area contributed by atoms with Crippen LogP contribution in [0.5, 0.6) is 5.75 Å². The van der Waals surface area contributed by atoms with Crippen molar-refractivity contribution in [3.63, 3.8) is 0 Å². The summed E-state index contributed by atoms with van der Waals surface area (Å²) in [7, 11) is 1.67. The highest BCUT2D eigenvalue weighted by Crippen LogP contribution is 2.40. The van der Waals surface area contributed by atoms with Gasteiger partial charge >= 0.3 is 0 Å². The van der Waals surface area contributed by atoms with Crippen molar-refractivity contribution in [2.45, 2.75) is 0 Å². The van der Waals surface area contributed by atoms with Gasteiger partial charge in [0.15, 0.2) is 5.65 Å². The van der Waals surface area contributed by atoms with Crippen molar-refractivity contribution in [1.82, 2.24) is 29.6 Å². The number of rotatable bonds is 5. The lowest BCUT2D eigenvalue weighted by atomic mass is 10.0. The number of aromatic nitrogens is 6. The maximum atomic E-state index is 5.45. The summed E-state index contributed by atoms with van der Waals surface area (Å²) >= 11 is 0. The van der Waals surface area contributed by atoms with E-state index in [2.05, 4.69) is 56.5 Å². The molecule has 0 saturated carbocycles. The van der Waals surface area contributed by atoms with Crippen LogP contribution in [-0.4, -0.2) is 36.7 Å². The van der Waals surface area contributed by atoms with E-state index < -0.39 is 0 Å². The van der Waals surface area contributed by atoms with Crippen LogP contribution in [0, 0.1) is 0 Å². The van der Waals surface area contributed by atoms with Crippen LogP contribution in [0.1, 0.15) is 0 Å². The number of benzene rings is 4. The summed E-state index contributed by atoms with van der Waals surface area (Å²) < 4.78 is 9.42. The molecule has 0 fully saturated rings. The summed E-state index contributed by atoms with van der Waals surface area (Å²) in [4.78, 5) is 5.31. The molecule has 0 aliphatic rings. The monoisotopic (exact) mass is 494 g/mol. The molecular formula is C31H22N6O. The van der Waals surface area contributed by atoms with Crippen LogP contribution >= 0.6 is 0 Å². The predicted molar refractivity (Wildman–Crippen MR) is 148 cm³/mol. The molecule has 7 aromatic rings. The smallest absolute Gasteiger partial charge is 0.190 e. The van der Waals surface area contributed by atoms with Crippen LogP contribution in [0.4, 0.5) is 0 Å². The first-order valence-electron chi connectivity index (χ1n) is 12.3. The fraction of sp³-hybridized carbons (Fsp3) is 0.0323. The molecule has 4 aromatic carbocycles. The van der Waals surface area contributed by atoms with E-state index in [0.717, 1.165) is 56.2 Å². The van der Waals surface area contributed by atoms with E-state index >= 15 is 0 Å². The number of pyridine rings is 1. The lowest BCUT2D eigenvalue weighted by molar-refractivity contribution is 0.415. The zero-order valence-corrected chi connectivity index (χ0v) is 20.6. The van der Waals surface area contributed by atoms with Crippen molar-refractivity contribution >= 4 is 16.6 Å². The predicted octanol–water partition coefficient (Wildman–Crippen LogP) is 6.47. The molecule has 38 heavy (non-hydrogen) atoms. The Morgan fingerprint density at radius 3 is 2.13 bits per heavy atom. The van der Waals surface area contributed by atoms with Crippen LogP contribution in [0.25, 0.3) is 56.1 Å². The Morgan fingerprint density at radius 2 is 1.39 bits per heavy atom. The van der Waals surface area contributed by atoms with Crippen molar-refractivity contribution < 1.29 is 4.74 Å². The third-order valence-corrected chi connectivity index (χ3v) is 6.72. The first-order valence-corrected chi connectivity index (χ1v) is 12.3. The first-order chi connectivity index (χ1) is 18.8. The normalized spacial score (nSPS) is 11.3. The third kappa shape index (κ3) is 3.52. The summed E-state index contributed by atoms with van der Waals surface area (Å²) in [5.41, 5.74) is 7.30. The summed E-state index contributed by atoms with van der Waals surface area (Å²) in [6, 6.07) is 38.8. The van der Waals surface area contributed by atoms with Crippen molar-refractivity contribution in [1.29, 1.82) is 0 Å². The first kappa shape index (κ1) is 21.9. The minimum atomic E-state index is 0.641. The standard InChI is InChI=1S/C31H22N6O/c1-38-25-18-16-24(17-19-25)36-29(22-12-6-3-7-13-22)28(21-10-4-2-5-11-21)32-30(36)26-20-23-14-8-9-15-27(23)37-31(26)33-34-35-37/h2-20H,1H3. The number of fused-ring (bicyclic) bond motifs is 3. The molecule has 0 unspecified atom stereocenters. The second-order valence-electron chi connectivity index (χ2n) is 8.93. The molecule has 3 heterocycles. The molecule has 3 aromatic heterocycles. The van der Waals surface area contributed by atoms with Crippen LogP contribution in [-0.2, 0) is 0 Å². The quantitative estimate of drug-likeness (QED) is 0.274. The van der Waals surface area contributed by atoms with Crippen LogP contribution in [0.3, 0.4) is 0 Å². The topological polar surface area (TPSA) is 70.1 Å². The lowest BCUT2D eigenvalue weighted by Gasteiger charge is -2.15. The van der Waals surface area contributed by atoms with Crippen molar-refractivity contribution in [3.05, 3.63) is 115 Å². The summed E-state index contributed by atoms with van der Waals surface area (Å²) in [6.45, 7) is 0. The van der Waals surface area contributed by atoms with Gasteiger partial charge in [0.2, 0.25) is 0 Å². The van der Waals surface area contributed by atoms with Crippen molar-refractivity contribution in [3.8, 4) is 45.3 Å². The van der Waals surface area contributed by atoms with Gasteiger partial charge in [-0.25, -0.2) is 4.98 Å². The lowest BCUT2D eigenvalue weighted by Crippen LogP contribution is -2.02. The Bertz CT molecular complexity index is 1890. The van der Waals surface area contributed by atoms with Gasteiger partial charge in [0.25, 0.3) is 0 Å². The van der Waals surface area contributed by atoms with E-state index in [1.807, 2.05) is 78.9 Å². The van der Waals surface area contributed by atoms with Gasteiger partial charge in [-0.1, -0.05) is 78.9 Å². The number of tetrazole rings is 1. The van der Waals surface area contributed by atoms with Gasteiger partial charge in [-0.2, -0.15) is 4.52 Å². The molecule has 0 N–H and O–H groups in total. The SMILES string of the molecule is COc1ccc(-n2c(-c3cc4ccccc4n4nnnc34)nc(-c3ccccc3)c2-c2ccccc2)cc1. The molecule has 7 rings (SSSR count). The fourth-order valence-electron chi connectivity index (χ4n) is 4.95. The molecule has 0 atom stereocenters. The fourth-order valence-corrected chi connectivity index (χ4v) is 4.95. The van der Waals surface area contributed by atoms with Crippen molar-refractivity contribution in [2.75, 3.05) is 7.11 Å². The Labute approximate surface area is 218 Å². The maximum absolute atomic E-state index is 5.45. The van der Waals surface area contributed by atoms with Crippen LogP contribution in [0.15, 0.2) is 115 Å². The third-order valence-electron chi connectivity index (χ3n) is 6.72. The van der Waals surface area contributed by atoms with Gasteiger partial charge in [-0.15, -0.1) is 5.10 Å². The Balaban J connectivity index is 1.62. The highest BCUT2D eigenvalue weighted by atomic mass is 16.5. The second kappa shape index (κ2) is 8.97. The number of hydrogen-bond donors (Lipinski definition) is 0. The zero-order chi connectivity index (χ0) is 25.5. The number of para-hydroxylation sites is 1. The van der Waals surface area contributed by atoms with Gasteiger partial charge in [0, 0.05) is 22.2 Å². The van der Waals surface area contributed by atoms with Gasteiger partial charge in [0.05, 0.1) is 29.6 Å². The Morgan fingerprint density at radius 1 is 0.711 bits per heavy atom. The molecule has 0 saturated heterocycles. The molecule has 0 aliphatic heterocycles. The van der Waals surface area contributed by atoms with Gasteiger partial charge in [-0.05, 0) is 46.8 Å². The van der Waals surface area contributed by atoms with E-state index in [1.54, 1.807) is 11.6 Å². The summed E-state index contributed by atoms with van der Waals surface area (Å²) in [5.74, 6) is 1.54. The van der Waals surface area contributed by atoms with Gasteiger partial charge in [-0.3, -0.25) is 4.57 Å². The van der Waals surface area contributed by atoms with Crippen LogP contribution < -0.4 is 4.74 Å². The Hall–Kier alpha value is -5.30. The van der Waals surface area contributed by atoms with Gasteiger partial charge in [0.1, 0.15) is 11.6 Å². The molecule has 7 nitrogen and oxygen atoms in total. The molecular weight excluding hydrogens is 472 g/mol. The minimum absolute atomic E-state index is 0.641. The van der Waals surface area contributed by atoms with Crippen LogP contribution in [0.2, 0.25) is 0 Å². The average Bonchev–Trinajstić information content (AvgIpc) is 3.64. The molecule has 0 aliphatic carbocycles. The van der Waals surface area contributed by atoms with E-state index in [4.69, 9.17) is 9.72 Å². The molecule has 0 amide bonds.